The van der Waals surface area contributed by atoms with Gasteiger partial charge in [0.05, 0.1) is 5.56 Å². The summed E-state index contributed by atoms with van der Waals surface area (Å²) in [4.78, 5) is 29.7. The van der Waals surface area contributed by atoms with Crippen molar-refractivity contribution in [2.24, 2.45) is 5.73 Å². The fourth-order valence-electron chi connectivity index (χ4n) is 3.06. The second kappa shape index (κ2) is 10.6. The van der Waals surface area contributed by atoms with Crippen LogP contribution in [0.2, 0.25) is 0 Å². The highest BCUT2D eigenvalue weighted by Gasteiger charge is 2.22. The minimum atomic E-state index is -0.573. The van der Waals surface area contributed by atoms with E-state index >= 15 is 0 Å². The van der Waals surface area contributed by atoms with Crippen LogP contribution in [-0.4, -0.2) is 34.0 Å². The van der Waals surface area contributed by atoms with Crippen LogP contribution >= 0.6 is 0 Å². The third-order valence-corrected chi connectivity index (χ3v) is 4.70. The van der Waals surface area contributed by atoms with Crippen molar-refractivity contribution >= 4 is 12.0 Å². The van der Waals surface area contributed by atoms with Crippen LogP contribution in [0.4, 0.5) is 4.79 Å². The molecule has 2 N–H and O–H groups in total. The summed E-state index contributed by atoms with van der Waals surface area (Å²) in [5.41, 5.74) is 7.07. The topological polar surface area (TPSA) is 94.7 Å². The molecule has 3 rings (SSSR count). The first-order valence-electron chi connectivity index (χ1n) is 10.7. The molecule has 0 aliphatic rings. The number of amides is 2. The van der Waals surface area contributed by atoms with Crippen LogP contribution in [0.25, 0.3) is 0 Å². The van der Waals surface area contributed by atoms with Gasteiger partial charge in [-0.15, -0.1) is 0 Å². The molecule has 0 aliphatic carbocycles. The van der Waals surface area contributed by atoms with Crippen molar-refractivity contribution in [3.05, 3.63) is 89.6 Å². The van der Waals surface area contributed by atoms with Gasteiger partial charge in [0, 0.05) is 25.4 Å². The number of ether oxygens (including phenoxy) is 2. The summed E-state index contributed by atoms with van der Waals surface area (Å²) >= 11 is 0. The van der Waals surface area contributed by atoms with E-state index in [1.54, 1.807) is 17.0 Å². The lowest BCUT2D eigenvalue weighted by atomic mass is 10.1. The summed E-state index contributed by atoms with van der Waals surface area (Å²) in [6.45, 7) is 6.52. The molecule has 0 atom stereocenters. The zero-order valence-electron chi connectivity index (χ0n) is 19.2. The van der Waals surface area contributed by atoms with Gasteiger partial charge in [0.15, 0.2) is 0 Å². The molecular formula is C26H29N3O4. The number of rotatable bonds is 8. The molecule has 7 heteroatoms. The van der Waals surface area contributed by atoms with Gasteiger partial charge in [-0.25, -0.2) is 9.78 Å². The molecule has 0 radical (unpaired) electrons. The van der Waals surface area contributed by atoms with Crippen LogP contribution in [0.5, 0.6) is 11.6 Å². The molecule has 0 saturated heterocycles. The first kappa shape index (κ1) is 23.8. The highest BCUT2D eigenvalue weighted by molar-refractivity contribution is 5.92. The van der Waals surface area contributed by atoms with E-state index in [-0.39, 0.29) is 6.09 Å². The Bertz CT molecular complexity index is 1060. The number of primary amides is 1. The van der Waals surface area contributed by atoms with E-state index in [2.05, 4.69) is 4.98 Å². The smallest absolute Gasteiger partial charge is 0.410 e. The monoisotopic (exact) mass is 447 g/mol. The predicted octanol–water partition coefficient (Wildman–Crippen LogP) is 4.95. The largest absolute Gasteiger partial charge is 0.444 e. The van der Waals surface area contributed by atoms with Crippen LogP contribution in [0, 0.1) is 0 Å². The molecule has 33 heavy (non-hydrogen) atoms. The first-order chi connectivity index (χ1) is 15.7. The maximum atomic E-state index is 12.8. The normalized spacial score (nSPS) is 11.0. The third-order valence-electron chi connectivity index (χ3n) is 4.70. The van der Waals surface area contributed by atoms with Gasteiger partial charge in [-0.2, -0.15) is 0 Å². The zero-order chi connectivity index (χ0) is 23.8. The highest BCUT2D eigenvalue weighted by atomic mass is 16.6. The van der Waals surface area contributed by atoms with Crippen LogP contribution in [0.15, 0.2) is 72.9 Å². The van der Waals surface area contributed by atoms with Gasteiger partial charge < -0.3 is 20.1 Å². The van der Waals surface area contributed by atoms with Gasteiger partial charge >= 0.3 is 6.09 Å². The Morgan fingerprint density at radius 2 is 1.64 bits per heavy atom. The number of hydrogen-bond acceptors (Lipinski definition) is 5. The van der Waals surface area contributed by atoms with Crippen molar-refractivity contribution in [1.82, 2.24) is 9.88 Å². The molecule has 0 bridgehead atoms. The summed E-state index contributed by atoms with van der Waals surface area (Å²) in [6.07, 6.45) is 1.75. The Kier molecular flexibility index (Phi) is 7.66. The molecule has 7 nitrogen and oxygen atoms in total. The maximum absolute atomic E-state index is 12.8. The van der Waals surface area contributed by atoms with E-state index in [9.17, 15) is 9.59 Å². The predicted molar refractivity (Wildman–Crippen MR) is 126 cm³/mol. The van der Waals surface area contributed by atoms with Gasteiger partial charge in [-0.05, 0) is 56.5 Å². The standard InChI is InChI=1S/C26H29N3O4/c1-26(2,3)33-25(31)29(16-15-19-7-5-4-6-8-19)18-20-9-12-22(13-10-20)32-23-14-11-21(17-28-23)24(27)30/h4-14,17H,15-16,18H2,1-3H3,(H2,27,30). The average Bonchev–Trinajstić information content (AvgIpc) is 2.77. The second-order valence-electron chi connectivity index (χ2n) is 8.63. The summed E-state index contributed by atoms with van der Waals surface area (Å²) in [6, 6.07) is 20.6. The fourth-order valence-corrected chi connectivity index (χ4v) is 3.06. The lowest BCUT2D eigenvalue weighted by Gasteiger charge is -2.27. The van der Waals surface area contributed by atoms with Crippen molar-refractivity contribution in [2.75, 3.05) is 6.54 Å². The summed E-state index contributed by atoms with van der Waals surface area (Å²) in [7, 11) is 0. The van der Waals surface area contributed by atoms with Crippen molar-refractivity contribution in [3.8, 4) is 11.6 Å². The van der Waals surface area contributed by atoms with E-state index in [0.717, 1.165) is 17.5 Å². The molecule has 2 amide bonds. The molecule has 0 aliphatic heterocycles. The number of nitrogens with zero attached hydrogens (tertiary/aromatic N) is 2. The fraction of sp³-hybridized carbons (Fsp3) is 0.269. The number of aromatic nitrogens is 1. The summed E-state index contributed by atoms with van der Waals surface area (Å²) < 4.78 is 11.3. The minimum Gasteiger partial charge on any atom is -0.444 e. The molecule has 0 fully saturated rings. The Balaban J connectivity index is 1.66. The van der Waals surface area contributed by atoms with Gasteiger partial charge in [-0.1, -0.05) is 42.5 Å². The summed E-state index contributed by atoms with van der Waals surface area (Å²) in [5.74, 6) is 0.400. The molecule has 3 aromatic rings. The molecule has 0 unspecified atom stereocenters. The number of benzene rings is 2. The van der Waals surface area contributed by atoms with E-state index in [1.807, 2.05) is 75.4 Å². The molecule has 172 valence electrons. The van der Waals surface area contributed by atoms with Crippen LogP contribution < -0.4 is 10.5 Å². The quantitative estimate of drug-likeness (QED) is 0.527. The van der Waals surface area contributed by atoms with E-state index in [4.69, 9.17) is 15.2 Å². The molecule has 0 spiro atoms. The number of carbonyl (C=O) groups excluding carboxylic acids is 2. The molecule has 0 saturated carbocycles. The summed E-state index contributed by atoms with van der Waals surface area (Å²) in [5, 5.41) is 0. The van der Waals surface area contributed by atoms with Crippen molar-refractivity contribution in [2.45, 2.75) is 39.3 Å². The maximum Gasteiger partial charge on any atom is 0.410 e. The average molecular weight is 448 g/mol. The lowest BCUT2D eigenvalue weighted by Crippen LogP contribution is -2.37. The van der Waals surface area contributed by atoms with Gasteiger partial charge in [-0.3, -0.25) is 4.79 Å². The van der Waals surface area contributed by atoms with Crippen molar-refractivity contribution in [1.29, 1.82) is 0 Å². The Morgan fingerprint density at radius 3 is 2.21 bits per heavy atom. The highest BCUT2D eigenvalue weighted by Crippen LogP contribution is 2.21. The number of nitrogens with two attached hydrogens (primary N) is 1. The zero-order valence-corrected chi connectivity index (χ0v) is 19.2. The lowest BCUT2D eigenvalue weighted by molar-refractivity contribution is 0.0235. The van der Waals surface area contributed by atoms with Gasteiger partial charge in [0.1, 0.15) is 11.4 Å². The third kappa shape index (κ3) is 7.64. The SMILES string of the molecule is CC(C)(C)OC(=O)N(CCc1ccccc1)Cc1ccc(Oc2ccc(C(N)=O)cn2)cc1. The first-order valence-corrected chi connectivity index (χ1v) is 10.7. The molecule has 2 aromatic carbocycles. The Morgan fingerprint density at radius 1 is 0.939 bits per heavy atom. The second-order valence-corrected chi connectivity index (χ2v) is 8.63. The van der Waals surface area contributed by atoms with Gasteiger partial charge in [0.2, 0.25) is 11.8 Å². The van der Waals surface area contributed by atoms with Crippen LogP contribution in [0.3, 0.4) is 0 Å². The molecule has 1 aromatic heterocycles. The van der Waals surface area contributed by atoms with E-state index in [0.29, 0.717) is 30.3 Å². The number of carbonyl (C=O) groups is 2. The number of pyridine rings is 1. The Hall–Kier alpha value is -3.87. The minimum absolute atomic E-state index is 0.315. The Labute approximate surface area is 194 Å². The van der Waals surface area contributed by atoms with Crippen molar-refractivity contribution in [3.63, 3.8) is 0 Å². The van der Waals surface area contributed by atoms with E-state index < -0.39 is 11.5 Å². The van der Waals surface area contributed by atoms with Gasteiger partial charge in [0.25, 0.3) is 0 Å². The molecular weight excluding hydrogens is 418 g/mol. The van der Waals surface area contributed by atoms with Crippen LogP contribution in [0.1, 0.15) is 42.3 Å². The van der Waals surface area contributed by atoms with Crippen LogP contribution in [-0.2, 0) is 17.7 Å². The number of hydrogen-bond donors (Lipinski definition) is 1. The van der Waals surface area contributed by atoms with E-state index in [1.165, 1.54) is 6.20 Å². The molecule has 1 heterocycles. The van der Waals surface area contributed by atoms with Crippen molar-refractivity contribution < 1.29 is 19.1 Å².